The number of nitrogens with zero attached hydrogens (tertiary/aromatic N) is 1. The number of rotatable bonds is 6. The number of halogens is 2. The molecule has 0 aliphatic carbocycles. The summed E-state index contributed by atoms with van der Waals surface area (Å²) in [4.78, 5) is 13.3. The molecule has 0 radical (unpaired) electrons. The lowest BCUT2D eigenvalue weighted by molar-refractivity contribution is -0.130. The smallest absolute Gasteiger partial charge is 0.222 e. The van der Waals surface area contributed by atoms with Crippen LogP contribution in [0.15, 0.2) is 0 Å². The van der Waals surface area contributed by atoms with Crippen LogP contribution in [0.5, 0.6) is 0 Å². The Morgan fingerprint density at radius 2 is 1.75 bits per heavy atom. The first-order valence-electron chi connectivity index (χ1n) is 4.16. The van der Waals surface area contributed by atoms with E-state index in [4.69, 9.17) is 0 Å². The monoisotopic (exact) mass is 299 g/mol. The third-order valence-electron chi connectivity index (χ3n) is 1.53. The van der Waals surface area contributed by atoms with E-state index in [1.807, 2.05) is 11.8 Å². The van der Waals surface area contributed by atoms with Crippen molar-refractivity contribution in [2.75, 3.05) is 23.7 Å². The van der Waals surface area contributed by atoms with Crippen LogP contribution in [0.2, 0.25) is 0 Å². The topological polar surface area (TPSA) is 20.3 Å². The summed E-state index contributed by atoms with van der Waals surface area (Å²) in [6.45, 7) is 3.65. The molecular weight excluding hydrogens is 286 g/mol. The first kappa shape index (κ1) is 12.4. The zero-order chi connectivity index (χ0) is 9.40. The maximum absolute atomic E-state index is 11.4. The van der Waals surface area contributed by atoms with Gasteiger partial charge in [-0.3, -0.25) is 4.79 Å². The lowest BCUT2D eigenvalue weighted by Crippen LogP contribution is -2.33. The third kappa shape index (κ3) is 5.14. The molecule has 0 aliphatic rings. The van der Waals surface area contributed by atoms with E-state index in [9.17, 15) is 4.79 Å². The van der Waals surface area contributed by atoms with E-state index < -0.39 is 0 Å². The summed E-state index contributed by atoms with van der Waals surface area (Å²) in [5, 5.41) is 1.71. The van der Waals surface area contributed by atoms with Crippen molar-refractivity contribution in [2.24, 2.45) is 0 Å². The summed E-state index contributed by atoms with van der Waals surface area (Å²) >= 11 is 6.66. The van der Waals surface area contributed by atoms with Gasteiger partial charge in [-0.1, -0.05) is 38.8 Å². The number of carbonyl (C=O) groups is 1. The summed E-state index contributed by atoms with van der Waals surface area (Å²) in [5.74, 6) is 0.261. The van der Waals surface area contributed by atoms with Crippen LogP contribution in [0, 0.1) is 0 Å². The highest BCUT2D eigenvalue weighted by atomic mass is 79.9. The summed E-state index contributed by atoms with van der Waals surface area (Å²) in [7, 11) is 0. The summed E-state index contributed by atoms with van der Waals surface area (Å²) in [5.41, 5.74) is 0. The van der Waals surface area contributed by atoms with Crippen LogP contribution in [-0.2, 0) is 4.79 Å². The number of alkyl halides is 2. The molecular formula is C8H15Br2NO. The van der Waals surface area contributed by atoms with Crippen molar-refractivity contribution < 1.29 is 4.79 Å². The maximum atomic E-state index is 11.4. The van der Waals surface area contributed by atoms with E-state index in [0.29, 0.717) is 6.42 Å². The van der Waals surface area contributed by atoms with Gasteiger partial charge in [-0.15, -0.1) is 0 Å². The fourth-order valence-electron chi connectivity index (χ4n) is 0.937. The molecule has 0 aromatic rings. The van der Waals surface area contributed by atoms with Crippen LogP contribution in [0.1, 0.15) is 19.8 Å². The van der Waals surface area contributed by atoms with Crippen molar-refractivity contribution in [1.82, 2.24) is 4.90 Å². The van der Waals surface area contributed by atoms with Crippen molar-refractivity contribution in [2.45, 2.75) is 19.8 Å². The Kier molecular flexibility index (Phi) is 8.34. The first-order chi connectivity index (χ1) is 5.76. The first-order valence-corrected chi connectivity index (χ1v) is 6.40. The van der Waals surface area contributed by atoms with Gasteiger partial charge in [0.25, 0.3) is 0 Å². The fourth-order valence-corrected chi connectivity index (χ4v) is 1.79. The molecule has 0 heterocycles. The number of hydrogen-bond acceptors (Lipinski definition) is 1. The number of amides is 1. The van der Waals surface area contributed by atoms with Crippen LogP contribution in [0.3, 0.4) is 0 Å². The maximum Gasteiger partial charge on any atom is 0.222 e. The van der Waals surface area contributed by atoms with E-state index in [0.717, 1.165) is 30.2 Å². The van der Waals surface area contributed by atoms with Crippen LogP contribution < -0.4 is 0 Å². The zero-order valence-corrected chi connectivity index (χ0v) is 10.5. The minimum absolute atomic E-state index is 0.261. The molecule has 0 aliphatic heterocycles. The Labute approximate surface area is 91.0 Å². The number of carbonyl (C=O) groups excluding carboxylic acids is 1. The van der Waals surface area contributed by atoms with Gasteiger partial charge in [0.15, 0.2) is 0 Å². The van der Waals surface area contributed by atoms with Crippen molar-refractivity contribution in [1.29, 1.82) is 0 Å². The lowest BCUT2D eigenvalue weighted by atomic mass is 10.3. The summed E-state index contributed by atoms with van der Waals surface area (Å²) < 4.78 is 0. The Hall–Kier alpha value is 0.430. The van der Waals surface area contributed by atoms with Gasteiger partial charge >= 0.3 is 0 Å². The van der Waals surface area contributed by atoms with Crippen molar-refractivity contribution in [3.63, 3.8) is 0 Å². The molecule has 0 N–H and O–H groups in total. The molecule has 0 saturated heterocycles. The lowest BCUT2D eigenvalue weighted by Gasteiger charge is -2.20. The van der Waals surface area contributed by atoms with Gasteiger partial charge < -0.3 is 4.90 Å². The largest absolute Gasteiger partial charge is 0.341 e. The van der Waals surface area contributed by atoms with Gasteiger partial charge in [0, 0.05) is 30.2 Å². The normalized spacial score (nSPS) is 9.92. The van der Waals surface area contributed by atoms with E-state index in [1.54, 1.807) is 0 Å². The molecule has 0 unspecified atom stereocenters. The minimum Gasteiger partial charge on any atom is -0.341 e. The fraction of sp³-hybridized carbons (Fsp3) is 0.875. The standard InChI is InChI=1S/C8H15Br2NO/c1-2-3-8(12)11(6-4-9)7-5-10/h2-7H2,1H3. The molecule has 0 bridgehead atoms. The Morgan fingerprint density at radius 3 is 2.08 bits per heavy atom. The molecule has 0 saturated carbocycles. The van der Waals surface area contributed by atoms with Crippen LogP contribution >= 0.6 is 31.9 Å². The van der Waals surface area contributed by atoms with Gasteiger partial charge in [-0.2, -0.15) is 0 Å². The minimum atomic E-state index is 0.261. The van der Waals surface area contributed by atoms with Crippen molar-refractivity contribution in [3.05, 3.63) is 0 Å². The average molecular weight is 301 g/mol. The van der Waals surface area contributed by atoms with E-state index in [-0.39, 0.29) is 5.91 Å². The second kappa shape index (κ2) is 8.05. The van der Waals surface area contributed by atoms with Crippen LogP contribution in [-0.4, -0.2) is 34.6 Å². The summed E-state index contributed by atoms with van der Waals surface area (Å²) in [6.07, 6.45) is 1.60. The molecule has 72 valence electrons. The van der Waals surface area contributed by atoms with E-state index >= 15 is 0 Å². The molecule has 4 heteroatoms. The Balaban J connectivity index is 3.81. The zero-order valence-electron chi connectivity index (χ0n) is 7.35. The molecule has 0 spiro atoms. The number of hydrogen-bond donors (Lipinski definition) is 0. The molecule has 0 atom stereocenters. The van der Waals surface area contributed by atoms with E-state index in [1.165, 1.54) is 0 Å². The molecule has 0 rings (SSSR count). The van der Waals surface area contributed by atoms with E-state index in [2.05, 4.69) is 31.9 Å². The van der Waals surface area contributed by atoms with Gasteiger partial charge in [0.05, 0.1) is 0 Å². The highest BCUT2D eigenvalue weighted by Crippen LogP contribution is 2.00. The molecule has 2 nitrogen and oxygen atoms in total. The Bertz CT molecular complexity index is 124. The molecule has 0 aromatic carbocycles. The summed E-state index contributed by atoms with van der Waals surface area (Å²) in [6, 6.07) is 0. The van der Waals surface area contributed by atoms with Crippen molar-refractivity contribution in [3.8, 4) is 0 Å². The quantitative estimate of drug-likeness (QED) is 0.690. The predicted molar refractivity (Wildman–Crippen MR) is 59.1 cm³/mol. The van der Waals surface area contributed by atoms with Gasteiger partial charge in [0.2, 0.25) is 5.91 Å². The van der Waals surface area contributed by atoms with Gasteiger partial charge in [-0.05, 0) is 6.42 Å². The predicted octanol–water partition coefficient (Wildman–Crippen LogP) is 2.40. The molecule has 0 aromatic heterocycles. The van der Waals surface area contributed by atoms with Gasteiger partial charge in [-0.25, -0.2) is 0 Å². The SMILES string of the molecule is CCCC(=O)N(CCBr)CCBr. The van der Waals surface area contributed by atoms with Crippen LogP contribution in [0.4, 0.5) is 0 Å². The average Bonchev–Trinajstić information content (AvgIpc) is 2.04. The molecule has 1 amide bonds. The van der Waals surface area contributed by atoms with Crippen LogP contribution in [0.25, 0.3) is 0 Å². The molecule has 0 fully saturated rings. The van der Waals surface area contributed by atoms with Crippen molar-refractivity contribution >= 4 is 37.8 Å². The Morgan fingerprint density at radius 1 is 1.25 bits per heavy atom. The third-order valence-corrected chi connectivity index (χ3v) is 2.23. The highest BCUT2D eigenvalue weighted by Gasteiger charge is 2.09. The molecule has 12 heavy (non-hydrogen) atoms. The second-order valence-corrected chi connectivity index (χ2v) is 4.09. The highest BCUT2D eigenvalue weighted by molar-refractivity contribution is 9.09. The van der Waals surface area contributed by atoms with Gasteiger partial charge in [0.1, 0.15) is 0 Å². The second-order valence-electron chi connectivity index (χ2n) is 2.51.